The van der Waals surface area contributed by atoms with E-state index >= 15 is 0 Å². The molecule has 0 heterocycles. The van der Waals surface area contributed by atoms with Crippen LogP contribution >= 0.6 is 0 Å². The number of hydrogen-bond acceptors (Lipinski definition) is 3. The van der Waals surface area contributed by atoms with E-state index in [0.29, 0.717) is 6.04 Å². The second-order valence-corrected chi connectivity index (χ2v) is 4.93. The van der Waals surface area contributed by atoms with E-state index in [2.05, 4.69) is 10.6 Å². The number of carbonyl (C=O) groups excluding carboxylic acids is 1. The second-order valence-electron chi connectivity index (χ2n) is 4.93. The molecule has 98 valence electrons. The normalized spacial score (nSPS) is 14.6. The lowest BCUT2D eigenvalue weighted by molar-refractivity contribution is 0.130. The highest BCUT2D eigenvalue weighted by molar-refractivity contribution is 5.84. The number of anilines is 1. The lowest BCUT2D eigenvalue weighted by Crippen LogP contribution is -2.18. The van der Waals surface area contributed by atoms with Gasteiger partial charge in [-0.25, -0.2) is 4.79 Å². The number of carbonyl (C=O) groups is 1. The third-order valence-electron chi connectivity index (χ3n) is 2.72. The fraction of sp³-hybridized carbons (Fsp3) is 0.500. The van der Waals surface area contributed by atoms with Gasteiger partial charge in [-0.05, 0) is 44.4 Å². The molecule has 1 aromatic rings. The Morgan fingerprint density at radius 3 is 2.56 bits per heavy atom. The zero-order chi connectivity index (χ0) is 13.0. The summed E-state index contributed by atoms with van der Waals surface area (Å²) in [6.07, 6.45) is 2.07. The molecule has 1 aliphatic rings. The maximum absolute atomic E-state index is 11.4. The predicted molar refractivity (Wildman–Crippen MR) is 71.5 cm³/mol. The molecule has 2 N–H and O–H groups in total. The maximum atomic E-state index is 11.4. The van der Waals surface area contributed by atoms with E-state index in [1.807, 2.05) is 38.1 Å². The van der Waals surface area contributed by atoms with E-state index < -0.39 is 6.09 Å². The number of benzene rings is 1. The lowest BCUT2D eigenvalue weighted by Gasteiger charge is -2.10. The lowest BCUT2D eigenvalue weighted by atomic mass is 10.2. The van der Waals surface area contributed by atoms with Crippen molar-refractivity contribution in [2.45, 2.75) is 45.4 Å². The van der Waals surface area contributed by atoms with E-state index in [4.69, 9.17) is 4.74 Å². The SMILES string of the molecule is CC(C)OC(=O)Nc1ccc(CNC2CC2)cc1. The van der Waals surface area contributed by atoms with Gasteiger partial charge in [0, 0.05) is 18.3 Å². The molecular weight excluding hydrogens is 228 g/mol. The van der Waals surface area contributed by atoms with Crippen molar-refractivity contribution in [3.63, 3.8) is 0 Å². The minimum Gasteiger partial charge on any atom is -0.447 e. The maximum Gasteiger partial charge on any atom is 0.411 e. The fourth-order valence-electron chi connectivity index (χ4n) is 1.62. The number of hydrogen-bond donors (Lipinski definition) is 2. The van der Waals surface area contributed by atoms with Crippen molar-refractivity contribution in [3.05, 3.63) is 29.8 Å². The molecule has 1 aliphatic carbocycles. The summed E-state index contributed by atoms with van der Waals surface area (Å²) in [5, 5.41) is 6.14. The van der Waals surface area contributed by atoms with E-state index in [9.17, 15) is 4.79 Å². The Hall–Kier alpha value is -1.55. The summed E-state index contributed by atoms with van der Waals surface area (Å²) in [5.41, 5.74) is 1.99. The minimum absolute atomic E-state index is 0.105. The molecule has 4 heteroatoms. The summed E-state index contributed by atoms with van der Waals surface area (Å²) >= 11 is 0. The minimum atomic E-state index is -0.408. The fourth-order valence-corrected chi connectivity index (χ4v) is 1.62. The molecule has 4 nitrogen and oxygen atoms in total. The second kappa shape index (κ2) is 5.87. The van der Waals surface area contributed by atoms with Gasteiger partial charge in [0.25, 0.3) is 0 Å². The van der Waals surface area contributed by atoms with Crippen LogP contribution in [0.1, 0.15) is 32.3 Å². The van der Waals surface area contributed by atoms with Gasteiger partial charge >= 0.3 is 6.09 Å². The third-order valence-corrected chi connectivity index (χ3v) is 2.72. The molecule has 0 aromatic heterocycles. The highest BCUT2D eigenvalue weighted by atomic mass is 16.6. The van der Waals surface area contributed by atoms with Crippen molar-refractivity contribution in [3.8, 4) is 0 Å². The van der Waals surface area contributed by atoms with Crippen LogP contribution in [0.15, 0.2) is 24.3 Å². The largest absolute Gasteiger partial charge is 0.447 e. The van der Waals surface area contributed by atoms with Gasteiger partial charge in [-0.3, -0.25) is 5.32 Å². The Morgan fingerprint density at radius 2 is 2.00 bits per heavy atom. The molecule has 18 heavy (non-hydrogen) atoms. The summed E-state index contributed by atoms with van der Waals surface area (Å²) in [7, 11) is 0. The van der Waals surface area contributed by atoms with Gasteiger partial charge in [0.2, 0.25) is 0 Å². The molecule has 1 amide bonds. The number of nitrogens with one attached hydrogen (secondary N) is 2. The molecule has 1 fully saturated rings. The van der Waals surface area contributed by atoms with E-state index in [1.165, 1.54) is 18.4 Å². The van der Waals surface area contributed by atoms with Crippen LogP contribution in [0.25, 0.3) is 0 Å². The number of amides is 1. The Morgan fingerprint density at radius 1 is 1.33 bits per heavy atom. The smallest absolute Gasteiger partial charge is 0.411 e. The van der Waals surface area contributed by atoms with Crippen LogP contribution in [0.4, 0.5) is 10.5 Å². The van der Waals surface area contributed by atoms with Crippen molar-refractivity contribution in [2.75, 3.05) is 5.32 Å². The molecule has 2 rings (SSSR count). The summed E-state index contributed by atoms with van der Waals surface area (Å²) in [6, 6.07) is 8.53. The van der Waals surface area contributed by atoms with Crippen LogP contribution < -0.4 is 10.6 Å². The Labute approximate surface area is 108 Å². The van der Waals surface area contributed by atoms with Gasteiger partial charge in [0.1, 0.15) is 0 Å². The van der Waals surface area contributed by atoms with Gasteiger partial charge in [0.15, 0.2) is 0 Å². The first-order chi connectivity index (χ1) is 8.63. The molecule has 0 spiro atoms. The van der Waals surface area contributed by atoms with E-state index in [0.717, 1.165) is 12.2 Å². The molecule has 1 aromatic carbocycles. The van der Waals surface area contributed by atoms with Crippen LogP contribution in [0.2, 0.25) is 0 Å². The van der Waals surface area contributed by atoms with Crippen LogP contribution in [-0.2, 0) is 11.3 Å². The highest BCUT2D eigenvalue weighted by Crippen LogP contribution is 2.19. The molecule has 1 saturated carbocycles. The van der Waals surface area contributed by atoms with Gasteiger partial charge in [-0.15, -0.1) is 0 Å². The zero-order valence-corrected chi connectivity index (χ0v) is 10.9. The number of ether oxygens (including phenoxy) is 1. The summed E-state index contributed by atoms with van der Waals surface area (Å²) in [6.45, 7) is 4.54. The summed E-state index contributed by atoms with van der Waals surface area (Å²) in [4.78, 5) is 11.4. The van der Waals surface area contributed by atoms with Crippen molar-refractivity contribution in [1.82, 2.24) is 5.32 Å². The standard InChI is InChI=1S/C14H20N2O2/c1-10(2)18-14(17)16-13-5-3-11(4-6-13)9-15-12-7-8-12/h3-6,10,12,15H,7-9H2,1-2H3,(H,16,17). The number of rotatable bonds is 5. The van der Waals surface area contributed by atoms with Gasteiger partial charge in [-0.2, -0.15) is 0 Å². The first kappa shape index (κ1) is 12.9. The highest BCUT2D eigenvalue weighted by Gasteiger charge is 2.19. The van der Waals surface area contributed by atoms with Crippen molar-refractivity contribution in [2.24, 2.45) is 0 Å². The Balaban J connectivity index is 1.80. The van der Waals surface area contributed by atoms with Crippen LogP contribution in [0.5, 0.6) is 0 Å². The van der Waals surface area contributed by atoms with Gasteiger partial charge < -0.3 is 10.1 Å². The quantitative estimate of drug-likeness (QED) is 0.842. The Bertz CT molecular complexity index is 397. The first-order valence-corrected chi connectivity index (χ1v) is 6.43. The summed E-state index contributed by atoms with van der Waals surface area (Å²) < 4.78 is 5.01. The van der Waals surface area contributed by atoms with Crippen molar-refractivity contribution in [1.29, 1.82) is 0 Å². The molecule has 0 radical (unpaired) electrons. The third kappa shape index (κ3) is 4.37. The average Bonchev–Trinajstić information content (AvgIpc) is 3.11. The molecular formula is C14H20N2O2. The van der Waals surface area contributed by atoms with Gasteiger partial charge in [0.05, 0.1) is 6.10 Å². The monoisotopic (exact) mass is 248 g/mol. The first-order valence-electron chi connectivity index (χ1n) is 6.43. The van der Waals surface area contributed by atoms with Crippen LogP contribution in [0, 0.1) is 0 Å². The molecule has 0 aliphatic heterocycles. The molecule has 0 saturated heterocycles. The average molecular weight is 248 g/mol. The van der Waals surface area contributed by atoms with Crippen LogP contribution in [0.3, 0.4) is 0 Å². The van der Waals surface area contributed by atoms with Crippen molar-refractivity contribution >= 4 is 11.8 Å². The predicted octanol–water partition coefficient (Wildman–Crippen LogP) is 2.90. The van der Waals surface area contributed by atoms with E-state index in [-0.39, 0.29) is 6.10 Å². The zero-order valence-electron chi connectivity index (χ0n) is 10.9. The van der Waals surface area contributed by atoms with Gasteiger partial charge in [-0.1, -0.05) is 12.1 Å². The Kier molecular flexibility index (Phi) is 4.20. The topological polar surface area (TPSA) is 50.4 Å². The molecule has 0 bridgehead atoms. The molecule has 0 atom stereocenters. The summed E-state index contributed by atoms with van der Waals surface area (Å²) in [5.74, 6) is 0. The van der Waals surface area contributed by atoms with Crippen molar-refractivity contribution < 1.29 is 9.53 Å². The molecule has 0 unspecified atom stereocenters. The van der Waals surface area contributed by atoms with Crippen LogP contribution in [-0.4, -0.2) is 18.2 Å². The van der Waals surface area contributed by atoms with E-state index in [1.54, 1.807) is 0 Å².